The normalized spacial score (nSPS) is 33.9. The van der Waals surface area contributed by atoms with Gasteiger partial charge in [0.25, 0.3) is 0 Å². The number of halogens is 1. The van der Waals surface area contributed by atoms with Gasteiger partial charge in [-0.15, -0.1) is 11.1 Å². The topological polar surface area (TPSA) is 35.6 Å². The lowest BCUT2D eigenvalue weighted by Gasteiger charge is -2.35. The second kappa shape index (κ2) is 6.56. The van der Waals surface area contributed by atoms with Crippen LogP contribution in [0.5, 0.6) is 0 Å². The van der Waals surface area contributed by atoms with Crippen LogP contribution in [0.4, 0.5) is 4.48 Å². The molecule has 2 aliphatic rings. The maximum absolute atomic E-state index is 14.8. The van der Waals surface area contributed by atoms with E-state index in [0.717, 1.165) is 40.8 Å². The number of hydrogen-bond acceptors (Lipinski definition) is 4. The highest BCUT2D eigenvalue weighted by atomic mass is 32.3. The lowest BCUT2D eigenvalue weighted by molar-refractivity contribution is -0.107. The molecule has 0 bridgehead atoms. The highest BCUT2D eigenvalue weighted by molar-refractivity contribution is 8.41. The molecular weight excluding hydrogens is 301 g/mol. The molecule has 0 aromatic rings. The van der Waals surface area contributed by atoms with Crippen molar-refractivity contribution in [3.63, 3.8) is 0 Å². The Bertz CT molecular complexity index is 510. The number of rotatable bonds is 9. The molecule has 124 valence electrons. The van der Waals surface area contributed by atoms with Gasteiger partial charge in [-0.05, 0) is 35.6 Å². The van der Waals surface area contributed by atoms with Gasteiger partial charge >= 0.3 is 0 Å². The molecule has 2 heterocycles. The second-order valence-corrected chi connectivity index (χ2v) is 9.03. The summed E-state index contributed by atoms with van der Waals surface area (Å²) in [6.45, 7) is 9.20. The van der Waals surface area contributed by atoms with Gasteiger partial charge in [-0.25, -0.2) is 5.01 Å². The summed E-state index contributed by atoms with van der Waals surface area (Å²) in [5, 5.41) is 6.82. The SMILES string of the molecule is C=CCCC1(C(=C)NC)CCN(N(F)S2(C)C=C2CC=O)C1. The highest BCUT2D eigenvalue weighted by Crippen LogP contribution is 2.72. The van der Waals surface area contributed by atoms with Gasteiger partial charge in [-0.2, -0.15) is 0 Å². The standard InChI is InChI=1S/C16H26FN3OS/c1-5-6-8-16(14(2)18-3)9-10-19(13-16)20(17)22(4)12-15(22)7-11-21/h5,11-12,18H,1-2,6-10,13H2,3-4H3. The molecule has 2 rings (SSSR count). The van der Waals surface area contributed by atoms with E-state index in [0.29, 0.717) is 19.5 Å². The zero-order valence-electron chi connectivity index (χ0n) is 13.5. The maximum Gasteiger partial charge on any atom is 0.124 e. The van der Waals surface area contributed by atoms with Gasteiger partial charge < -0.3 is 10.1 Å². The fraction of sp³-hybridized carbons (Fsp3) is 0.562. The number of hydrogen-bond donors (Lipinski definition) is 1. The van der Waals surface area contributed by atoms with Crippen molar-refractivity contribution in [2.45, 2.75) is 25.7 Å². The smallest absolute Gasteiger partial charge is 0.124 e. The molecule has 0 saturated carbocycles. The number of aldehydes is 1. The molecular formula is C16H26FN3OS. The Morgan fingerprint density at radius 3 is 3.00 bits per heavy atom. The van der Waals surface area contributed by atoms with Gasteiger partial charge in [-0.3, -0.25) is 0 Å². The molecule has 0 amide bonds. The fourth-order valence-electron chi connectivity index (χ4n) is 3.14. The lowest BCUT2D eigenvalue weighted by Crippen LogP contribution is -2.38. The van der Waals surface area contributed by atoms with Crippen molar-refractivity contribution >= 4 is 16.5 Å². The first kappa shape index (κ1) is 17.2. The molecule has 0 aromatic heterocycles. The summed E-state index contributed by atoms with van der Waals surface area (Å²) in [5.74, 6) is 0. The van der Waals surface area contributed by atoms with Crippen molar-refractivity contribution < 1.29 is 9.28 Å². The van der Waals surface area contributed by atoms with E-state index >= 15 is 0 Å². The van der Waals surface area contributed by atoms with Crippen molar-refractivity contribution in [3.05, 3.63) is 35.2 Å². The largest absolute Gasteiger partial charge is 0.391 e. The van der Waals surface area contributed by atoms with E-state index in [-0.39, 0.29) is 5.41 Å². The van der Waals surface area contributed by atoms with Crippen LogP contribution < -0.4 is 5.32 Å². The Labute approximate surface area is 134 Å². The van der Waals surface area contributed by atoms with Crippen molar-refractivity contribution in [2.24, 2.45) is 5.41 Å². The Balaban J connectivity index is 2.05. The molecule has 6 heteroatoms. The van der Waals surface area contributed by atoms with E-state index in [2.05, 4.69) is 18.5 Å². The van der Waals surface area contributed by atoms with E-state index < -0.39 is 10.2 Å². The molecule has 0 aromatic carbocycles. The van der Waals surface area contributed by atoms with E-state index in [4.69, 9.17) is 0 Å². The number of nitrogens with one attached hydrogen (secondary N) is 1. The third kappa shape index (κ3) is 3.00. The Morgan fingerprint density at radius 2 is 2.41 bits per heavy atom. The number of carbonyl (C=O) groups is 1. The summed E-state index contributed by atoms with van der Waals surface area (Å²) in [5.41, 5.74) is 0.838. The zero-order chi connectivity index (χ0) is 16.4. The summed E-state index contributed by atoms with van der Waals surface area (Å²) in [6.07, 6.45) is 7.66. The molecule has 2 aliphatic heterocycles. The molecule has 1 fully saturated rings. The highest BCUT2D eigenvalue weighted by Gasteiger charge is 2.48. The average molecular weight is 327 g/mol. The van der Waals surface area contributed by atoms with Gasteiger partial charge in [0.1, 0.15) is 6.29 Å². The van der Waals surface area contributed by atoms with Gasteiger partial charge in [0, 0.05) is 42.6 Å². The summed E-state index contributed by atoms with van der Waals surface area (Å²) >= 11 is 0. The third-order valence-corrected chi connectivity index (χ3v) is 7.45. The van der Waals surface area contributed by atoms with Crippen LogP contribution >= 0.6 is 10.2 Å². The van der Waals surface area contributed by atoms with Crippen LogP contribution in [0.1, 0.15) is 25.7 Å². The quantitative estimate of drug-likeness (QED) is 0.400. The maximum atomic E-state index is 14.8. The Morgan fingerprint density at radius 1 is 1.68 bits per heavy atom. The molecule has 0 aliphatic carbocycles. The van der Waals surface area contributed by atoms with E-state index in [1.807, 2.05) is 24.8 Å². The minimum atomic E-state index is -1.66. The molecule has 1 N–H and O–H groups in total. The van der Waals surface area contributed by atoms with Gasteiger partial charge in [-0.1, -0.05) is 22.9 Å². The van der Waals surface area contributed by atoms with Crippen LogP contribution in [-0.4, -0.2) is 42.3 Å². The molecule has 4 nitrogen and oxygen atoms in total. The first-order valence-corrected chi connectivity index (χ1v) is 9.61. The lowest BCUT2D eigenvalue weighted by atomic mass is 9.79. The molecule has 1 saturated heterocycles. The molecule has 22 heavy (non-hydrogen) atoms. The Hall–Kier alpha value is -1.11. The van der Waals surface area contributed by atoms with Crippen LogP contribution in [0.15, 0.2) is 35.2 Å². The van der Waals surface area contributed by atoms with Crippen LogP contribution in [0.3, 0.4) is 0 Å². The monoisotopic (exact) mass is 327 g/mol. The van der Waals surface area contributed by atoms with Crippen molar-refractivity contribution in [1.29, 1.82) is 0 Å². The molecule has 0 radical (unpaired) electrons. The fourth-order valence-corrected chi connectivity index (χ4v) is 5.42. The minimum absolute atomic E-state index is 0.122. The number of carbonyl (C=O) groups excluding carboxylic acids is 1. The molecule has 2 unspecified atom stereocenters. The predicted octanol–water partition coefficient (Wildman–Crippen LogP) is 3.27. The number of hydrazine groups is 1. The average Bonchev–Trinajstić information content (AvgIpc) is 2.99. The van der Waals surface area contributed by atoms with Crippen LogP contribution in [0.2, 0.25) is 0 Å². The molecule has 0 spiro atoms. The number of nitrogens with zero attached hydrogens (tertiary/aromatic N) is 2. The number of allylic oxidation sites excluding steroid dienone is 2. The first-order chi connectivity index (χ1) is 10.4. The van der Waals surface area contributed by atoms with E-state index in [1.54, 1.807) is 5.01 Å². The predicted molar refractivity (Wildman–Crippen MR) is 91.5 cm³/mol. The third-order valence-electron chi connectivity index (χ3n) is 4.76. The van der Waals surface area contributed by atoms with Crippen molar-refractivity contribution in [3.8, 4) is 0 Å². The van der Waals surface area contributed by atoms with Crippen molar-refractivity contribution in [1.82, 2.24) is 15.0 Å². The van der Waals surface area contributed by atoms with Crippen molar-refractivity contribution in [2.75, 3.05) is 26.4 Å². The minimum Gasteiger partial charge on any atom is -0.391 e. The second-order valence-electron chi connectivity index (χ2n) is 6.09. The first-order valence-electron chi connectivity index (χ1n) is 7.55. The van der Waals surface area contributed by atoms with Gasteiger partial charge in [0.15, 0.2) is 0 Å². The van der Waals surface area contributed by atoms with E-state index in [9.17, 15) is 9.28 Å². The summed E-state index contributed by atoms with van der Waals surface area (Å²) in [6, 6.07) is 0. The Kier molecular flexibility index (Phi) is 5.14. The zero-order valence-corrected chi connectivity index (χ0v) is 14.3. The van der Waals surface area contributed by atoms with E-state index in [1.165, 1.54) is 0 Å². The summed E-state index contributed by atoms with van der Waals surface area (Å²) in [7, 11) is 0.207. The molecule has 2 atom stereocenters. The van der Waals surface area contributed by atoms with Gasteiger partial charge in [0.05, 0.1) is 0 Å². The van der Waals surface area contributed by atoms with Crippen LogP contribution in [0.25, 0.3) is 0 Å². The van der Waals surface area contributed by atoms with Crippen LogP contribution in [0, 0.1) is 5.41 Å². The van der Waals surface area contributed by atoms with Crippen LogP contribution in [-0.2, 0) is 4.79 Å². The summed E-state index contributed by atoms with van der Waals surface area (Å²) < 4.78 is 15.7. The summed E-state index contributed by atoms with van der Waals surface area (Å²) in [4.78, 5) is 11.6. The van der Waals surface area contributed by atoms with Gasteiger partial charge in [0.2, 0.25) is 0 Å².